The number of aliphatic carboxylic acids is 1. The number of hydrogen-bond acceptors (Lipinski definition) is 4. The topological polar surface area (TPSA) is 83.2 Å². The van der Waals surface area contributed by atoms with E-state index in [0.717, 1.165) is 40.8 Å². The van der Waals surface area contributed by atoms with Gasteiger partial charge in [-0.3, -0.25) is 4.79 Å². The van der Waals surface area contributed by atoms with Crippen LogP contribution in [0, 0.1) is 17.2 Å². The second-order valence-electron chi connectivity index (χ2n) is 8.44. The van der Waals surface area contributed by atoms with Gasteiger partial charge in [0.1, 0.15) is 17.0 Å². The van der Waals surface area contributed by atoms with Crippen LogP contribution >= 0.6 is 11.6 Å². The van der Waals surface area contributed by atoms with E-state index in [4.69, 9.17) is 21.4 Å². The van der Waals surface area contributed by atoms with Crippen LogP contribution in [0.4, 0.5) is 0 Å². The van der Waals surface area contributed by atoms with Crippen molar-refractivity contribution in [1.29, 1.82) is 5.26 Å². The number of nitriles is 1. The molecule has 1 aromatic heterocycles. The fourth-order valence-corrected chi connectivity index (χ4v) is 4.79. The van der Waals surface area contributed by atoms with Gasteiger partial charge in [-0.1, -0.05) is 35.9 Å². The molecule has 1 saturated carbocycles. The molecule has 1 N–H and O–H groups in total. The van der Waals surface area contributed by atoms with Gasteiger partial charge in [-0.15, -0.1) is 0 Å². The van der Waals surface area contributed by atoms with Crippen molar-refractivity contribution in [1.82, 2.24) is 4.98 Å². The highest BCUT2D eigenvalue weighted by atomic mass is 35.5. The number of halogens is 1. The van der Waals surface area contributed by atoms with Crippen LogP contribution in [-0.2, 0) is 17.6 Å². The summed E-state index contributed by atoms with van der Waals surface area (Å²) in [4.78, 5) is 15.3. The van der Waals surface area contributed by atoms with Gasteiger partial charge in [0, 0.05) is 12.6 Å². The van der Waals surface area contributed by atoms with E-state index in [2.05, 4.69) is 11.1 Å². The molecule has 0 radical (unpaired) electrons. The second kappa shape index (κ2) is 8.29. The number of carbonyl (C=O) groups is 1. The molecular weight excluding hydrogens is 424 g/mol. The Hall–Kier alpha value is -3.36. The van der Waals surface area contributed by atoms with Crippen LogP contribution in [0.2, 0.25) is 5.15 Å². The van der Waals surface area contributed by atoms with E-state index in [-0.39, 0.29) is 17.9 Å². The number of ether oxygens (including phenoxy) is 1. The molecule has 2 aromatic carbocycles. The van der Waals surface area contributed by atoms with Gasteiger partial charge in [0.15, 0.2) is 0 Å². The molecule has 5 nitrogen and oxygen atoms in total. The first-order valence-corrected chi connectivity index (χ1v) is 11.1. The number of aromatic nitrogens is 1. The highest BCUT2D eigenvalue weighted by Gasteiger charge is 2.44. The van der Waals surface area contributed by atoms with Crippen LogP contribution in [0.25, 0.3) is 0 Å². The molecule has 5 rings (SSSR count). The molecule has 6 heteroatoms. The maximum Gasteiger partial charge on any atom is 0.307 e. The van der Waals surface area contributed by atoms with Crippen LogP contribution in [0.1, 0.15) is 58.2 Å². The van der Waals surface area contributed by atoms with E-state index in [1.54, 1.807) is 12.3 Å². The number of rotatable bonds is 6. The molecule has 3 aromatic rings. The Labute approximate surface area is 191 Å². The largest absolute Gasteiger partial charge is 0.486 e. The summed E-state index contributed by atoms with van der Waals surface area (Å²) in [6.45, 7) is 0. The molecule has 0 amide bonds. The fraction of sp³-hybridized carbons (Fsp3) is 0.269. The normalized spacial score (nSPS) is 20.9. The third kappa shape index (κ3) is 3.94. The Morgan fingerprint density at radius 2 is 2.00 bits per heavy atom. The number of carboxylic acid groups (broad SMARTS) is 1. The molecule has 0 saturated heterocycles. The van der Waals surface area contributed by atoms with Gasteiger partial charge in [0.2, 0.25) is 0 Å². The molecule has 0 aliphatic heterocycles. The predicted molar refractivity (Wildman–Crippen MR) is 120 cm³/mol. The quantitative estimate of drug-likeness (QED) is 0.511. The van der Waals surface area contributed by atoms with Gasteiger partial charge in [-0.2, -0.15) is 5.26 Å². The summed E-state index contributed by atoms with van der Waals surface area (Å²) in [6.07, 6.45) is 4.72. The Morgan fingerprint density at radius 3 is 2.66 bits per heavy atom. The van der Waals surface area contributed by atoms with Crippen LogP contribution < -0.4 is 4.74 Å². The van der Waals surface area contributed by atoms with Crippen molar-refractivity contribution in [2.45, 2.75) is 37.7 Å². The summed E-state index contributed by atoms with van der Waals surface area (Å²) in [5.74, 6) is -0.0955. The van der Waals surface area contributed by atoms with Crippen molar-refractivity contribution in [3.63, 3.8) is 0 Å². The van der Waals surface area contributed by atoms with Crippen LogP contribution in [0.3, 0.4) is 0 Å². The number of hydrogen-bond donors (Lipinski definition) is 1. The van der Waals surface area contributed by atoms with Crippen LogP contribution in [-0.4, -0.2) is 16.1 Å². The van der Waals surface area contributed by atoms with Crippen molar-refractivity contribution >= 4 is 17.6 Å². The molecule has 0 unspecified atom stereocenters. The summed E-state index contributed by atoms with van der Waals surface area (Å²) in [6, 6.07) is 17.7. The number of pyridine rings is 1. The van der Waals surface area contributed by atoms with Gasteiger partial charge in [-0.25, -0.2) is 4.98 Å². The third-order valence-corrected chi connectivity index (χ3v) is 6.68. The average molecular weight is 445 g/mol. The lowest BCUT2D eigenvalue weighted by atomic mass is 9.93. The SMILES string of the molecule is N#Cc1ccc2c(c1Cc1ccc(Cl)nc1)CC[C@H]2Oc1ccc([C@H]2C[C@@H]2C(=O)O)cc1. The molecule has 160 valence electrons. The van der Waals surface area contributed by atoms with E-state index in [1.165, 1.54) is 5.56 Å². The summed E-state index contributed by atoms with van der Waals surface area (Å²) in [7, 11) is 0. The van der Waals surface area contributed by atoms with E-state index in [9.17, 15) is 10.1 Å². The molecule has 2 aliphatic carbocycles. The average Bonchev–Trinajstić information content (AvgIpc) is 3.51. The molecular formula is C26H21ClN2O3. The maximum absolute atomic E-state index is 11.1. The minimum Gasteiger partial charge on any atom is -0.486 e. The van der Waals surface area contributed by atoms with Gasteiger partial charge in [-0.05, 0) is 77.3 Å². The van der Waals surface area contributed by atoms with E-state index < -0.39 is 5.97 Å². The lowest BCUT2D eigenvalue weighted by Gasteiger charge is -2.17. The molecule has 1 heterocycles. The fourth-order valence-electron chi connectivity index (χ4n) is 4.68. The Morgan fingerprint density at radius 1 is 1.19 bits per heavy atom. The minimum absolute atomic E-state index is 0.0709. The highest BCUT2D eigenvalue weighted by molar-refractivity contribution is 6.29. The van der Waals surface area contributed by atoms with Crippen molar-refractivity contribution in [3.8, 4) is 11.8 Å². The number of benzene rings is 2. The molecule has 2 aliphatic rings. The molecule has 32 heavy (non-hydrogen) atoms. The Balaban J connectivity index is 1.35. The number of nitrogens with zero attached hydrogens (tertiary/aromatic N) is 2. The van der Waals surface area contributed by atoms with Crippen molar-refractivity contribution in [2.75, 3.05) is 0 Å². The van der Waals surface area contributed by atoms with E-state index in [1.807, 2.05) is 42.5 Å². The Kier molecular flexibility index (Phi) is 5.32. The first kappa shape index (κ1) is 20.5. The van der Waals surface area contributed by atoms with Gasteiger partial charge in [0.05, 0.1) is 17.6 Å². The maximum atomic E-state index is 11.1. The zero-order valence-electron chi connectivity index (χ0n) is 17.3. The summed E-state index contributed by atoms with van der Waals surface area (Å²) < 4.78 is 6.30. The lowest BCUT2D eigenvalue weighted by molar-refractivity contribution is -0.138. The Bertz CT molecular complexity index is 1220. The first-order valence-electron chi connectivity index (χ1n) is 10.7. The summed E-state index contributed by atoms with van der Waals surface area (Å²) >= 11 is 5.91. The zero-order chi connectivity index (χ0) is 22.2. The minimum atomic E-state index is -0.722. The third-order valence-electron chi connectivity index (χ3n) is 6.46. The van der Waals surface area contributed by atoms with Gasteiger partial charge < -0.3 is 9.84 Å². The zero-order valence-corrected chi connectivity index (χ0v) is 18.0. The number of fused-ring (bicyclic) bond motifs is 1. The molecule has 0 spiro atoms. The van der Waals surface area contributed by atoms with Crippen molar-refractivity contribution < 1.29 is 14.6 Å². The smallest absolute Gasteiger partial charge is 0.307 e. The lowest BCUT2D eigenvalue weighted by Crippen LogP contribution is -2.05. The highest BCUT2D eigenvalue weighted by Crippen LogP contribution is 2.48. The van der Waals surface area contributed by atoms with E-state index >= 15 is 0 Å². The van der Waals surface area contributed by atoms with Gasteiger partial charge >= 0.3 is 5.97 Å². The van der Waals surface area contributed by atoms with Crippen molar-refractivity contribution in [2.24, 2.45) is 5.92 Å². The van der Waals surface area contributed by atoms with Crippen molar-refractivity contribution in [3.05, 3.63) is 93.3 Å². The number of carboxylic acids is 1. The first-order chi connectivity index (χ1) is 15.5. The summed E-state index contributed by atoms with van der Waals surface area (Å²) in [5, 5.41) is 19.2. The standard InChI is InChI=1S/C26H21ClN2O3/c27-25-10-1-15(14-29-25)11-21-17(13-28)4-7-20-19(21)8-9-24(20)32-18-5-2-16(3-6-18)22-12-23(22)26(30)31/h1-7,10,14,22-24H,8-9,11-12H2,(H,30,31)/t22-,23+,24-/m1/s1. The monoisotopic (exact) mass is 444 g/mol. The molecule has 0 bridgehead atoms. The predicted octanol–water partition coefficient (Wildman–Crippen LogP) is 5.45. The summed E-state index contributed by atoms with van der Waals surface area (Å²) in [5.41, 5.74) is 6.08. The molecule has 3 atom stereocenters. The van der Waals surface area contributed by atoms with Crippen LogP contribution in [0.15, 0.2) is 54.7 Å². The van der Waals surface area contributed by atoms with Crippen LogP contribution in [0.5, 0.6) is 5.75 Å². The van der Waals surface area contributed by atoms with E-state index in [0.29, 0.717) is 23.6 Å². The molecule has 1 fully saturated rings. The van der Waals surface area contributed by atoms with Gasteiger partial charge in [0.25, 0.3) is 0 Å². The second-order valence-corrected chi connectivity index (χ2v) is 8.83.